The summed E-state index contributed by atoms with van der Waals surface area (Å²) < 4.78 is 5.55. The molecule has 1 aromatic rings. The van der Waals surface area contributed by atoms with Gasteiger partial charge in [-0.1, -0.05) is 19.3 Å². The smallest absolute Gasteiger partial charge is 0.261 e. The third-order valence-corrected chi connectivity index (χ3v) is 5.62. The van der Waals surface area contributed by atoms with Crippen molar-refractivity contribution in [2.24, 2.45) is 5.92 Å². The van der Waals surface area contributed by atoms with Gasteiger partial charge < -0.3 is 10.1 Å². The van der Waals surface area contributed by atoms with E-state index in [1.807, 2.05) is 0 Å². The Balaban J connectivity index is 1.47. The number of nitrogens with zero attached hydrogens (tertiary/aromatic N) is 1. The van der Waals surface area contributed by atoms with Gasteiger partial charge in [0, 0.05) is 18.2 Å². The van der Waals surface area contributed by atoms with Crippen molar-refractivity contribution in [2.45, 2.75) is 51.0 Å². The molecule has 138 valence electrons. The van der Waals surface area contributed by atoms with Crippen molar-refractivity contribution >= 4 is 23.4 Å². The number of carbonyl (C=O) groups excluding carboxylic acids is 3. The average molecular weight is 356 g/mol. The zero-order valence-electron chi connectivity index (χ0n) is 14.8. The van der Waals surface area contributed by atoms with Gasteiger partial charge in [0.05, 0.1) is 23.8 Å². The first-order chi connectivity index (χ1) is 12.6. The number of amides is 3. The van der Waals surface area contributed by atoms with Gasteiger partial charge in [-0.25, -0.2) is 0 Å². The number of benzene rings is 1. The predicted octanol–water partition coefficient (Wildman–Crippen LogP) is 2.98. The minimum atomic E-state index is -0.297. The molecule has 1 saturated heterocycles. The standard InChI is InChI=1S/C20H24N2O4/c23-18(13-5-2-1-3-6-13)21-14-8-9-16-17(11-14)20(25)22(19(16)24)12-15-7-4-10-26-15/h8-9,11,13,15H,1-7,10,12H2,(H,21,23). The Kier molecular flexibility index (Phi) is 4.76. The minimum Gasteiger partial charge on any atom is -0.376 e. The van der Waals surface area contributed by atoms with Crippen LogP contribution in [0.4, 0.5) is 5.69 Å². The third-order valence-electron chi connectivity index (χ3n) is 5.62. The van der Waals surface area contributed by atoms with Crippen molar-refractivity contribution < 1.29 is 19.1 Å². The lowest BCUT2D eigenvalue weighted by atomic mass is 9.88. The van der Waals surface area contributed by atoms with Crippen molar-refractivity contribution in [3.05, 3.63) is 29.3 Å². The maximum absolute atomic E-state index is 12.7. The second-order valence-corrected chi connectivity index (χ2v) is 7.44. The van der Waals surface area contributed by atoms with Gasteiger partial charge >= 0.3 is 0 Å². The van der Waals surface area contributed by atoms with E-state index in [-0.39, 0.29) is 29.7 Å². The average Bonchev–Trinajstić information content (AvgIpc) is 3.26. The Morgan fingerprint density at radius 2 is 1.81 bits per heavy atom. The van der Waals surface area contributed by atoms with Crippen LogP contribution in [-0.2, 0) is 9.53 Å². The predicted molar refractivity (Wildman–Crippen MR) is 96.0 cm³/mol. The summed E-state index contributed by atoms with van der Waals surface area (Å²) in [4.78, 5) is 38.9. The van der Waals surface area contributed by atoms with Crippen LogP contribution in [0.2, 0.25) is 0 Å². The Morgan fingerprint density at radius 3 is 2.54 bits per heavy atom. The first-order valence-electron chi connectivity index (χ1n) is 9.56. The lowest BCUT2D eigenvalue weighted by Crippen LogP contribution is -2.36. The van der Waals surface area contributed by atoms with Gasteiger partial charge in [0.1, 0.15) is 0 Å². The molecule has 0 aromatic heterocycles. The highest BCUT2D eigenvalue weighted by Crippen LogP contribution is 2.29. The number of fused-ring (bicyclic) bond motifs is 1. The number of hydrogen-bond donors (Lipinski definition) is 1. The molecule has 6 heteroatoms. The summed E-state index contributed by atoms with van der Waals surface area (Å²) in [6, 6.07) is 4.98. The zero-order valence-corrected chi connectivity index (χ0v) is 14.8. The monoisotopic (exact) mass is 356 g/mol. The molecular formula is C20H24N2O4. The molecule has 1 atom stereocenters. The van der Waals surface area contributed by atoms with Gasteiger partial charge in [0.25, 0.3) is 11.8 Å². The highest BCUT2D eigenvalue weighted by Gasteiger charge is 2.37. The molecule has 0 radical (unpaired) electrons. The van der Waals surface area contributed by atoms with Crippen molar-refractivity contribution in [3.63, 3.8) is 0 Å². The summed E-state index contributed by atoms with van der Waals surface area (Å²) >= 11 is 0. The minimum absolute atomic E-state index is 0.0117. The molecule has 1 saturated carbocycles. The fourth-order valence-corrected chi connectivity index (χ4v) is 4.14. The van der Waals surface area contributed by atoms with Crippen LogP contribution in [0.15, 0.2) is 18.2 Å². The highest BCUT2D eigenvalue weighted by molar-refractivity contribution is 6.21. The largest absolute Gasteiger partial charge is 0.376 e. The van der Waals surface area contributed by atoms with E-state index in [1.165, 1.54) is 11.3 Å². The van der Waals surface area contributed by atoms with Crippen LogP contribution in [0.3, 0.4) is 0 Å². The molecule has 3 aliphatic rings. The first-order valence-corrected chi connectivity index (χ1v) is 9.56. The number of ether oxygens (including phenoxy) is 1. The van der Waals surface area contributed by atoms with Crippen molar-refractivity contribution in [1.82, 2.24) is 4.90 Å². The molecule has 0 bridgehead atoms. The van der Waals surface area contributed by atoms with Crippen LogP contribution in [0.1, 0.15) is 65.7 Å². The molecule has 26 heavy (non-hydrogen) atoms. The van der Waals surface area contributed by atoms with Crippen molar-refractivity contribution in [3.8, 4) is 0 Å². The Morgan fingerprint density at radius 1 is 1.04 bits per heavy atom. The maximum Gasteiger partial charge on any atom is 0.261 e. The Labute approximate surface area is 152 Å². The zero-order chi connectivity index (χ0) is 18.1. The maximum atomic E-state index is 12.7. The molecular weight excluding hydrogens is 332 g/mol. The van der Waals surface area contributed by atoms with Gasteiger partial charge in [-0.3, -0.25) is 19.3 Å². The Hall–Kier alpha value is -2.21. The molecule has 1 N–H and O–H groups in total. The lowest BCUT2D eigenvalue weighted by Gasteiger charge is -2.20. The number of nitrogens with one attached hydrogen (secondary N) is 1. The molecule has 2 heterocycles. The molecule has 3 amide bonds. The molecule has 1 unspecified atom stereocenters. The summed E-state index contributed by atoms with van der Waals surface area (Å²) in [5.41, 5.74) is 1.36. The fraction of sp³-hybridized carbons (Fsp3) is 0.550. The topological polar surface area (TPSA) is 75.7 Å². The molecule has 2 aliphatic heterocycles. The summed E-state index contributed by atoms with van der Waals surface area (Å²) in [7, 11) is 0. The molecule has 1 aliphatic carbocycles. The summed E-state index contributed by atoms with van der Waals surface area (Å²) in [5.74, 6) is -0.511. The third kappa shape index (κ3) is 3.26. The van der Waals surface area contributed by atoms with Crippen LogP contribution >= 0.6 is 0 Å². The molecule has 0 spiro atoms. The van der Waals surface area contributed by atoms with E-state index in [2.05, 4.69) is 5.32 Å². The molecule has 1 aromatic carbocycles. The van der Waals surface area contributed by atoms with Crippen LogP contribution in [-0.4, -0.2) is 41.9 Å². The summed E-state index contributed by atoms with van der Waals surface area (Å²) in [6.07, 6.45) is 6.98. The van der Waals surface area contributed by atoms with E-state index in [0.29, 0.717) is 30.0 Å². The van der Waals surface area contributed by atoms with Gasteiger partial charge in [0.2, 0.25) is 5.91 Å². The molecule has 4 rings (SSSR count). The number of hydrogen-bond acceptors (Lipinski definition) is 4. The van der Waals surface area contributed by atoms with Crippen LogP contribution in [0.5, 0.6) is 0 Å². The molecule has 6 nitrogen and oxygen atoms in total. The first kappa shape index (κ1) is 17.2. The van der Waals surface area contributed by atoms with E-state index in [4.69, 9.17) is 4.74 Å². The lowest BCUT2D eigenvalue weighted by molar-refractivity contribution is -0.120. The van der Waals surface area contributed by atoms with Gasteiger partial charge in [-0.15, -0.1) is 0 Å². The number of anilines is 1. The van der Waals surface area contributed by atoms with Gasteiger partial charge in [0.15, 0.2) is 0 Å². The van der Waals surface area contributed by atoms with Crippen molar-refractivity contribution in [1.29, 1.82) is 0 Å². The number of rotatable bonds is 4. The normalized spacial score (nSPS) is 23.4. The van der Waals surface area contributed by atoms with Crippen LogP contribution in [0, 0.1) is 5.92 Å². The van der Waals surface area contributed by atoms with Crippen molar-refractivity contribution in [2.75, 3.05) is 18.5 Å². The molecule has 2 fully saturated rings. The Bertz CT molecular complexity index is 733. The van der Waals surface area contributed by atoms with Gasteiger partial charge in [-0.05, 0) is 43.9 Å². The SMILES string of the molecule is O=C(Nc1ccc2c(c1)C(=O)N(CC1CCCO1)C2=O)C1CCCCC1. The number of imide groups is 1. The van der Waals surface area contributed by atoms with Gasteiger partial charge in [-0.2, -0.15) is 0 Å². The second kappa shape index (κ2) is 7.19. The van der Waals surface area contributed by atoms with E-state index < -0.39 is 0 Å². The van der Waals surface area contributed by atoms with Crippen LogP contribution in [0.25, 0.3) is 0 Å². The quantitative estimate of drug-likeness (QED) is 0.842. The fourth-order valence-electron chi connectivity index (χ4n) is 4.14. The van der Waals surface area contributed by atoms with E-state index in [1.54, 1.807) is 18.2 Å². The van der Waals surface area contributed by atoms with E-state index in [9.17, 15) is 14.4 Å². The summed E-state index contributed by atoms with van der Waals surface area (Å²) in [6.45, 7) is 0.987. The number of carbonyl (C=O) groups is 3. The summed E-state index contributed by atoms with van der Waals surface area (Å²) in [5, 5.41) is 2.92. The highest BCUT2D eigenvalue weighted by atomic mass is 16.5. The van der Waals surface area contributed by atoms with E-state index in [0.717, 1.165) is 38.5 Å². The van der Waals surface area contributed by atoms with E-state index >= 15 is 0 Å². The van der Waals surface area contributed by atoms with Crippen LogP contribution < -0.4 is 5.32 Å². The second-order valence-electron chi connectivity index (χ2n) is 7.44.